The minimum absolute atomic E-state index is 0.103. The Labute approximate surface area is 111 Å². The number of hydrogen-bond acceptors (Lipinski definition) is 3. The maximum Gasteiger partial charge on any atom is 0.418 e. The van der Waals surface area contributed by atoms with Gasteiger partial charge in [-0.25, -0.2) is 0 Å². The summed E-state index contributed by atoms with van der Waals surface area (Å²) in [4.78, 5) is 1.66. The van der Waals surface area contributed by atoms with Gasteiger partial charge in [0.15, 0.2) is 0 Å². The van der Waals surface area contributed by atoms with Crippen molar-refractivity contribution in [3.8, 4) is 0 Å². The van der Waals surface area contributed by atoms with E-state index in [1.807, 2.05) is 13.8 Å². The fourth-order valence-electron chi connectivity index (χ4n) is 2.08. The molecule has 0 heterocycles. The van der Waals surface area contributed by atoms with Gasteiger partial charge in [0.1, 0.15) is 0 Å². The molecule has 0 amide bonds. The van der Waals surface area contributed by atoms with E-state index in [4.69, 9.17) is 10.5 Å². The number of methoxy groups -OCH3 is 1. The molecule has 0 saturated heterocycles. The molecule has 1 rings (SSSR count). The highest BCUT2D eigenvalue weighted by Gasteiger charge is 2.35. The summed E-state index contributed by atoms with van der Waals surface area (Å²) in [7, 11) is 1.53. The average Bonchev–Trinajstić information content (AvgIpc) is 2.31. The van der Waals surface area contributed by atoms with E-state index in [2.05, 4.69) is 0 Å². The van der Waals surface area contributed by atoms with Gasteiger partial charge >= 0.3 is 6.18 Å². The first-order valence-corrected chi connectivity index (χ1v) is 6.03. The van der Waals surface area contributed by atoms with Gasteiger partial charge in [0.05, 0.1) is 12.2 Å². The SMILES string of the molecule is CCN(c1ccc(N)cc1C(F)(F)F)C(C)COC. The molecule has 0 fully saturated rings. The van der Waals surface area contributed by atoms with Crippen LogP contribution in [0.3, 0.4) is 0 Å². The monoisotopic (exact) mass is 276 g/mol. The first-order valence-electron chi connectivity index (χ1n) is 6.03. The number of anilines is 2. The van der Waals surface area contributed by atoms with Gasteiger partial charge in [0.2, 0.25) is 0 Å². The summed E-state index contributed by atoms with van der Waals surface area (Å²) in [5.41, 5.74) is 4.98. The second-order valence-electron chi connectivity index (χ2n) is 4.36. The molecule has 6 heteroatoms. The molecule has 0 aliphatic carbocycles. The van der Waals surface area contributed by atoms with E-state index in [-0.39, 0.29) is 17.4 Å². The largest absolute Gasteiger partial charge is 0.418 e. The standard InChI is InChI=1S/C13H19F3N2O/c1-4-18(9(2)8-19-3)12-6-5-10(17)7-11(12)13(14,15)16/h5-7,9H,4,8,17H2,1-3H3. The third-order valence-corrected chi connectivity index (χ3v) is 2.92. The third-order valence-electron chi connectivity index (χ3n) is 2.92. The Morgan fingerprint density at radius 2 is 2.00 bits per heavy atom. The normalized spacial score (nSPS) is 13.4. The van der Waals surface area contributed by atoms with Crippen molar-refractivity contribution in [1.82, 2.24) is 0 Å². The van der Waals surface area contributed by atoms with Gasteiger partial charge in [-0.15, -0.1) is 0 Å². The van der Waals surface area contributed by atoms with Crippen molar-refractivity contribution >= 4 is 11.4 Å². The maximum absolute atomic E-state index is 13.1. The highest BCUT2D eigenvalue weighted by molar-refractivity contribution is 5.61. The molecular weight excluding hydrogens is 257 g/mol. The number of nitrogens with two attached hydrogens (primary N) is 1. The van der Waals surface area contributed by atoms with E-state index < -0.39 is 11.7 Å². The molecule has 0 aromatic heterocycles. The van der Waals surface area contributed by atoms with Crippen LogP contribution in [-0.2, 0) is 10.9 Å². The topological polar surface area (TPSA) is 38.5 Å². The highest BCUT2D eigenvalue weighted by Crippen LogP contribution is 2.38. The third kappa shape index (κ3) is 3.76. The van der Waals surface area contributed by atoms with Gasteiger partial charge in [-0.2, -0.15) is 13.2 Å². The van der Waals surface area contributed by atoms with Gasteiger partial charge in [-0.3, -0.25) is 0 Å². The minimum atomic E-state index is -4.43. The van der Waals surface area contributed by atoms with Crippen LogP contribution in [0.25, 0.3) is 0 Å². The fourth-order valence-corrected chi connectivity index (χ4v) is 2.08. The van der Waals surface area contributed by atoms with Crippen molar-refractivity contribution in [3.63, 3.8) is 0 Å². The molecule has 19 heavy (non-hydrogen) atoms. The van der Waals surface area contributed by atoms with Crippen LogP contribution < -0.4 is 10.6 Å². The summed E-state index contributed by atoms with van der Waals surface area (Å²) in [6.07, 6.45) is -4.43. The number of alkyl halides is 3. The quantitative estimate of drug-likeness (QED) is 0.840. The first kappa shape index (κ1) is 15.6. The number of nitrogens with zero attached hydrogens (tertiary/aromatic N) is 1. The molecule has 1 unspecified atom stereocenters. The van der Waals surface area contributed by atoms with E-state index in [0.717, 1.165) is 6.07 Å². The molecule has 1 aromatic carbocycles. The Kier molecular flexibility index (Phi) is 5.05. The molecular formula is C13H19F3N2O. The highest BCUT2D eigenvalue weighted by atomic mass is 19.4. The zero-order valence-corrected chi connectivity index (χ0v) is 11.3. The Morgan fingerprint density at radius 3 is 2.47 bits per heavy atom. The minimum Gasteiger partial charge on any atom is -0.399 e. The lowest BCUT2D eigenvalue weighted by Gasteiger charge is -2.32. The van der Waals surface area contributed by atoms with Crippen molar-refractivity contribution in [2.24, 2.45) is 0 Å². The zero-order chi connectivity index (χ0) is 14.6. The smallest absolute Gasteiger partial charge is 0.399 e. The lowest BCUT2D eigenvalue weighted by molar-refractivity contribution is -0.137. The van der Waals surface area contributed by atoms with Crippen LogP contribution in [0.4, 0.5) is 24.5 Å². The second-order valence-corrected chi connectivity index (χ2v) is 4.36. The molecule has 0 bridgehead atoms. The van der Waals surface area contributed by atoms with Crippen molar-refractivity contribution in [1.29, 1.82) is 0 Å². The van der Waals surface area contributed by atoms with Gasteiger partial charge < -0.3 is 15.4 Å². The maximum atomic E-state index is 13.1. The molecule has 0 spiro atoms. The predicted octanol–water partition coefficient (Wildman–Crippen LogP) is 3.15. The number of halogens is 3. The lowest BCUT2D eigenvalue weighted by Crippen LogP contribution is -2.37. The van der Waals surface area contributed by atoms with Crippen LogP contribution >= 0.6 is 0 Å². The van der Waals surface area contributed by atoms with Gasteiger partial charge in [0, 0.05) is 31.1 Å². The van der Waals surface area contributed by atoms with Crippen molar-refractivity contribution in [2.45, 2.75) is 26.1 Å². The Hall–Kier alpha value is -1.43. The van der Waals surface area contributed by atoms with Crippen LogP contribution in [0.1, 0.15) is 19.4 Å². The Morgan fingerprint density at radius 1 is 1.37 bits per heavy atom. The van der Waals surface area contributed by atoms with Crippen LogP contribution in [-0.4, -0.2) is 26.3 Å². The first-order chi connectivity index (χ1) is 8.81. The molecule has 2 N–H and O–H groups in total. The fraction of sp³-hybridized carbons (Fsp3) is 0.538. The molecule has 0 saturated carbocycles. The van der Waals surface area contributed by atoms with Gasteiger partial charge in [0.25, 0.3) is 0 Å². The van der Waals surface area contributed by atoms with E-state index in [1.165, 1.54) is 19.2 Å². The molecule has 1 aromatic rings. The molecule has 0 aliphatic rings. The molecule has 0 aliphatic heterocycles. The summed E-state index contributed by atoms with van der Waals surface area (Å²) in [6.45, 7) is 4.44. The van der Waals surface area contributed by atoms with E-state index in [0.29, 0.717) is 13.2 Å². The van der Waals surface area contributed by atoms with E-state index in [1.54, 1.807) is 4.90 Å². The summed E-state index contributed by atoms with van der Waals surface area (Å²) >= 11 is 0. The zero-order valence-electron chi connectivity index (χ0n) is 11.3. The van der Waals surface area contributed by atoms with Crippen LogP contribution in [0.2, 0.25) is 0 Å². The molecule has 0 radical (unpaired) electrons. The van der Waals surface area contributed by atoms with Crippen LogP contribution in [0, 0.1) is 0 Å². The number of likely N-dealkylation sites (N-methyl/N-ethyl adjacent to an activating group) is 1. The molecule has 3 nitrogen and oxygen atoms in total. The summed E-state index contributed by atoms with van der Waals surface area (Å²) in [5, 5.41) is 0. The number of ether oxygens (including phenoxy) is 1. The van der Waals surface area contributed by atoms with E-state index >= 15 is 0 Å². The Bertz CT molecular complexity index is 421. The number of hydrogen-bond donors (Lipinski definition) is 1. The summed E-state index contributed by atoms with van der Waals surface area (Å²) in [6, 6.07) is 3.71. The predicted molar refractivity (Wildman–Crippen MR) is 70.2 cm³/mol. The van der Waals surface area contributed by atoms with E-state index in [9.17, 15) is 13.2 Å². The average molecular weight is 276 g/mol. The van der Waals surface area contributed by atoms with Gasteiger partial charge in [-0.1, -0.05) is 0 Å². The van der Waals surface area contributed by atoms with Crippen molar-refractivity contribution < 1.29 is 17.9 Å². The second kappa shape index (κ2) is 6.14. The number of rotatable bonds is 5. The molecule has 1 atom stereocenters. The lowest BCUT2D eigenvalue weighted by atomic mass is 10.1. The summed E-state index contributed by atoms with van der Waals surface area (Å²) < 4.78 is 44.2. The van der Waals surface area contributed by atoms with Crippen LogP contribution in [0.15, 0.2) is 18.2 Å². The van der Waals surface area contributed by atoms with Crippen LogP contribution in [0.5, 0.6) is 0 Å². The van der Waals surface area contributed by atoms with Crippen molar-refractivity contribution in [3.05, 3.63) is 23.8 Å². The number of nitrogen functional groups attached to an aromatic ring is 1. The van der Waals surface area contributed by atoms with Crippen molar-refractivity contribution in [2.75, 3.05) is 30.9 Å². The molecule has 108 valence electrons. The Balaban J connectivity index is 3.23. The van der Waals surface area contributed by atoms with Gasteiger partial charge in [-0.05, 0) is 32.0 Å². The number of benzene rings is 1. The summed E-state index contributed by atoms with van der Waals surface area (Å²) in [5.74, 6) is 0.